The van der Waals surface area contributed by atoms with E-state index in [4.69, 9.17) is 25.8 Å². The summed E-state index contributed by atoms with van der Waals surface area (Å²) in [6.07, 6.45) is -0.339. The molecule has 0 aromatic heterocycles. The molecule has 28 heavy (non-hydrogen) atoms. The molecule has 2 aromatic rings. The van der Waals surface area contributed by atoms with Gasteiger partial charge in [-0.1, -0.05) is 23.7 Å². The molecule has 1 saturated heterocycles. The topological polar surface area (TPSA) is 65.1 Å². The van der Waals surface area contributed by atoms with Crippen molar-refractivity contribution in [2.24, 2.45) is 0 Å². The van der Waals surface area contributed by atoms with Gasteiger partial charge in [-0.25, -0.2) is 9.18 Å². The van der Waals surface area contributed by atoms with E-state index in [0.717, 1.165) is 0 Å². The number of hydrogen-bond acceptors (Lipinski definition) is 5. The molecular formula is C20H19ClFNO5. The van der Waals surface area contributed by atoms with Crippen molar-refractivity contribution in [3.05, 3.63) is 59.4 Å². The lowest BCUT2D eigenvalue weighted by molar-refractivity contribution is -0.151. The van der Waals surface area contributed by atoms with Crippen LogP contribution in [0.15, 0.2) is 48.5 Å². The van der Waals surface area contributed by atoms with Crippen molar-refractivity contribution in [2.45, 2.75) is 18.6 Å². The highest BCUT2D eigenvalue weighted by Crippen LogP contribution is 2.26. The zero-order valence-electron chi connectivity index (χ0n) is 15.1. The summed E-state index contributed by atoms with van der Waals surface area (Å²) >= 11 is 5.82. The number of esters is 1. The number of hydrogen-bond donors (Lipinski definition) is 0. The number of methoxy groups -OCH3 is 1. The molecule has 148 valence electrons. The maximum Gasteiger partial charge on any atom is 0.328 e. The second-order valence-electron chi connectivity index (χ2n) is 6.23. The van der Waals surface area contributed by atoms with Crippen LogP contribution in [0.25, 0.3) is 0 Å². The summed E-state index contributed by atoms with van der Waals surface area (Å²) in [5.41, 5.74) is 0. The summed E-state index contributed by atoms with van der Waals surface area (Å²) < 4.78 is 29.7. The molecule has 0 N–H and O–H groups in total. The first-order valence-electron chi connectivity index (χ1n) is 8.64. The van der Waals surface area contributed by atoms with E-state index < -0.39 is 29.8 Å². The maximum atomic E-state index is 13.8. The Bertz CT molecular complexity index is 845. The molecule has 2 atom stereocenters. The first-order chi connectivity index (χ1) is 13.5. The Balaban J connectivity index is 1.66. The van der Waals surface area contributed by atoms with Crippen molar-refractivity contribution in [3.8, 4) is 11.5 Å². The second kappa shape index (κ2) is 8.93. The van der Waals surface area contributed by atoms with Crippen LogP contribution < -0.4 is 9.47 Å². The molecule has 0 radical (unpaired) electrons. The van der Waals surface area contributed by atoms with Gasteiger partial charge in [-0.15, -0.1) is 0 Å². The van der Waals surface area contributed by atoms with Gasteiger partial charge in [0.25, 0.3) is 5.91 Å². The van der Waals surface area contributed by atoms with Crippen molar-refractivity contribution < 1.29 is 28.2 Å². The number of carbonyl (C=O) groups is 2. The van der Waals surface area contributed by atoms with Crippen LogP contribution in [0.1, 0.15) is 6.42 Å². The number of carbonyl (C=O) groups excluding carboxylic acids is 2. The Morgan fingerprint density at radius 1 is 1.18 bits per heavy atom. The Labute approximate surface area is 166 Å². The summed E-state index contributed by atoms with van der Waals surface area (Å²) in [4.78, 5) is 26.1. The fourth-order valence-corrected chi connectivity index (χ4v) is 3.12. The third-order valence-electron chi connectivity index (χ3n) is 4.36. The lowest BCUT2D eigenvalue weighted by atomic mass is 10.2. The van der Waals surface area contributed by atoms with Crippen molar-refractivity contribution in [2.75, 3.05) is 20.3 Å². The van der Waals surface area contributed by atoms with Crippen LogP contribution in [-0.4, -0.2) is 49.2 Å². The van der Waals surface area contributed by atoms with Crippen LogP contribution in [0, 0.1) is 5.82 Å². The van der Waals surface area contributed by atoms with Gasteiger partial charge < -0.3 is 19.1 Å². The smallest absolute Gasteiger partial charge is 0.328 e. The highest BCUT2D eigenvalue weighted by Gasteiger charge is 2.41. The summed E-state index contributed by atoms with van der Waals surface area (Å²) in [5.74, 6) is -0.911. The van der Waals surface area contributed by atoms with Gasteiger partial charge in [0.05, 0.1) is 13.7 Å². The van der Waals surface area contributed by atoms with Crippen LogP contribution >= 0.6 is 11.6 Å². The van der Waals surface area contributed by atoms with E-state index in [0.29, 0.717) is 10.8 Å². The molecule has 1 heterocycles. The van der Waals surface area contributed by atoms with E-state index in [9.17, 15) is 14.0 Å². The second-order valence-corrected chi connectivity index (χ2v) is 6.67. The summed E-state index contributed by atoms with van der Waals surface area (Å²) in [6, 6.07) is 11.7. The molecule has 0 bridgehead atoms. The van der Waals surface area contributed by atoms with Gasteiger partial charge in [-0.2, -0.15) is 0 Å². The molecule has 8 heteroatoms. The zero-order chi connectivity index (χ0) is 20.1. The Morgan fingerprint density at radius 2 is 1.89 bits per heavy atom. The lowest BCUT2D eigenvalue weighted by Gasteiger charge is -2.22. The first kappa shape index (κ1) is 19.9. The summed E-state index contributed by atoms with van der Waals surface area (Å²) in [7, 11) is 1.25. The average molecular weight is 408 g/mol. The molecule has 1 fully saturated rings. The number of rotatable bonds is 6. The van der Waals surface area contributed by atoms with Crippen LogP contribution in [0.5, 0.6) is 11.5 Å². The predicted octanol–water partition coefficient (Wildman–Crippen LogP) is 3.08. The van der Waals surface area contributed by atoms with Gasteiger partial charge >= 0.3 is 5.97 Å². The van der Waals surface area contributed by atoms with E-state index in [2.05, 4.69) is 0 Å². The van der Waals surface area contributed by atoms with Crippen molar-refractivity contribution in [1.29, 1.82) is 0 Å². The molecule has 0 spiro atoms. The van der Waals surface area contributed by atoms with Crippen molar-refractivity contribution in [1.82, 2.24) is 4.90 Å². The molecule has 1 aliphatic rings. The fourth-order valence-electron chi connectivity index (χ4n) is 3.00. The van der Waals surface area contributed by atoms with Gasteiger partial charge in [0, 0.05) is 11.4 Å². The molecule has 1 aliphatic heterocycles. The highest BCUT2D eigenvalue weighted by atomic mass is 35.5. The van der Waals surface area contributed by atoms with Gasteiger partial charge in [-0.05, 0) is 36.4 Å². The SMILES string of the molecule is COC(=O)[C@H]1C[C@H](Oc2ccccc2F)CN1C(=O)COc1ccc(Cl)cc1. The minimum absolute atomic E-state index is 0.0721. The quantitative estimate of drug-likeness (QED) is 0.688. The molecule has 6 nitrogen and oxygen atoms in total. The fraction of sp³-hybridized carbons (Fsp3) is 0.300. The molecule has 0 saturated carbocycles. The maximum absolute atomic E-state index is 13.8. The van der Waals surface area contributed by atoms with E-state index in [-0.39, 0.29) is 25.3 Å². The number of nitrogens with zero attached hydrogens (tertiary/aromatic N) is 1. The van der Waals surface area contributed by atoms with Crippen molar-refractivity contribution in [3.63, 3.8) is 0 Å². The monoisotopic (exact) mass is 407 g/mol. The Morgan fingerprint density at radius 3 is 2.57 bits per heavy atom. The van der Waals surface area contributed by atoms with Gasteiger partial charge in [0.15, 0.2) is 18.2 Å². The Kier molecular flexibility index (Phi) is 6.36. The largest absolute Gasteiger partial charge is 0.485 e. The van der Waals surface area contributed by atoms with Crippen molar-refractivity contribution >= 4 is 23.5 Å². The van der Waals surface area contributed by atoms with E-state index in [1.54, 1.807) is 36.4 Å². The van der Waals surface area contributed by atoms with Crippen LogP contribution in [0.2, 0.25) is 5.02 Å². The minimum Gasteiger partial charge on any atom is -0.485 e. The summed E-state index contributed by atoms with van der Waals surface area (Å²) in [5, 5.41) is 0.553. The van der Waals surface area contributed by atoms with Crippen LogP contribution in [-0.2, 0) is 14.3 Å². The third-order valence-corrected chi connectivity index (χ3v) is 4.61. The average Bonchev–Trinajstić information content (AvgIpc) is 3.12. The first-order valence-corrected chi connectivity index (χ1v) is 9.02. The number of para-hydroxylation sites is 1. The normalized spacial score (nSPS) is 18.6. The number of halogens is 2. The van der Waals surface area contributed by atoms with Gasteiger partial charge in [0.2, 0.25) is 0 Å². The van der Waals surface area contributed by atoms with E-state index >= 15 is 0 Å². The molecule has 1 amide bonds. The molecular weight excluding hydrogens is 389 g/mol. The van der Waals surface area contributed by atoms with Gasteiger partial charge in [-0.3, -0.25) is 4.79 Å². The predicted molar refractivity (Wildman–Crippen MR) is 99.9 cm³/mol. The Hall–Kier alpha value is -2.80. The number of likely N-dealkylation sites (tertiary alicyclic amines) is 1. The van der Waals surface area contributed by atoms with E-state index in [1.165, 1.54) is 24.1 Å². The van der Waals surface area contributed by atoms with E-state index in [1.807, 2.05) is 0 Å². The third kappa shape index (κ3) is 4.72. The van der Waals surface area contributed by atoms with Crippen LogP contribution in [0.3, 0.4) is 0 Å². The molecule has 3 rings (SSSR count). The van der Waals surface area contributed by atoms with Gasteiger partial charge in [0.1, 0.15) is 17.9 Å². The number of benzene rings is 2. The number of amides is 1. The lowest BCUT2D eigenvalue weighted by Crippen LogP contribution is -2.43. The molecule has 0 aliphatic carbocycles. The minimum atomic E-state index is -0.817. The molecule has 2 aromatic carbocycles. The summed E-state index contributed by atoms with van der Waals surface area (Å²) in [6.45, 7) is -0.140. The standard InChI is InChI=1S/C20H19ClFNO5/c1-26-20(25)17-10-15(28-18-5-3-2-4-16(18)22)11-23(17)19(24)12-27-14-8-6-13(21)7-9-14/h2-9,15,17H,10-12H2,1H3/t15-,17+/m0/s1. The zero-order valence-corrected chi connectivity index (χ0v) is 15.9. The number of ether oxygens (including phenoxy) is 3. The van der Waals surface area contributed by atoms with Crippen LogP contribution in [0.4, 0.5) is 4.39 Å². The highest BCUT2D eigenvalue weighted by molar-refractivity contribution is 6.30. The molecule has 0 unspecified atom stereocenters.